The maximum Gasteiger partial charge on any atom is 0.263 e. The predicted molar refractivity (Wildman–Crippen MR) is 141 cm³/mol. The molecule has 0 N–H and O–H groups in total. The molecule has 1 heterocycles. The first-order chi connectivity index (χ1) is 17.6. The van der Waals surface area contributed by atoms with Gasteiger partial charge < -0.3 is 19.2 Å². The lowest BCUT2D eigenvalue weighted by atomic mass is 9.96. The third-order valence-electron chi connectivity index (χ3n) is 6.45. The molecule has 0 aromatic heterocycles. The Kier molecular flexibility index (Phi) is 8.57. The smallest absolute Gasteiger partial charge is 0.263 e. The molecule has 1 aliphatic heterocycles. The molecule has 188 valence electrons. The van der Waals surface area contributed by atoms with E-state index in [2.05, 4.69) is 58.6 Å². The zero-order valence-corrected chi connectivity index (χ0v) is 21.1. The lowest BCUT2D eigenvalue weighted by molar-refractivity contribution is -0.138. The van der Waals surface area contributed by atoms with Crippen LogP contribution >= 0.6 is 0 Å². The van der Waals surface area contributed by atoms with Gasteiger partial charge >= 0.3 is 0 Å². The number of carbonyl (C=O) groups excluding carboxylic acids is 1. The van der Waals surface area contributed by atoms with Crippen LogP contribution in [0.2, 0.25) is 0 Å². The minimum absolute atomic E-state index is 0.0607. The van der Waals surface area contributed by atoms with Gasteiger partial charge in [0, 0.05) is 31.7 Å². The van der Waals surface area contributed by atoms with Crippen LogP contribution in [0.1, 0.15) is 29.7 Å². The van der Waals surface area contributed by atoms with E-state index in [1.165, 1.54) is 11.1 Å². The topological polar surface area (TPSA) is 63.6 Å². The second kappa shape index (κ2) is 12.2. The van der Waals surface area contributed by atoms with Gasteiger partial charge in [-0.2, -0.15) is 0 Å². The summed E-state index contributed by atoms with van der Waals surface area (Å²) in [6.45, 7) is 4.61. The van der Waals surface area contributed by atoms with E-state index in [-0.39, 0.29) is 18.6 Å². The normalized spacial score (nSPS) is 14.6. The van der Waals surface area contributed by atoms with Gasteiger partial charge in [-0.15, -0.1) is 0 Å². The van der Waals surface area contributed by atoms with E-state index < -0.39 is 0 Å². The summed E-state index contributed by atoms with van der Waals surface area (Å²) in [7, 11) is 3.18. The van der Waals surface area contributed by atoms with Crippen LogP contribution < -0.4 is 9.47 Å². The molecule has 7 heteroatoms. The molecule has 0 bridgehead atoms. The number of amides is 1. The molecule has 0 saturated carbocycles. The summed E-state index contributed by atoms with van der Waals surface area (Å²) in [4.78, 5) is 22.5. The molecule has 1 saturated heterocycles. The first-order valence-electron chi connectivity index (χ1n) is 12.1. The summed E-state index contributed by atoms with van der Waals surface area (Å²) in [6, 6.07) is 26.7. The molecule has 7 nitrogen and oxygen atoms in total. The van der Waals surface area contributed by atoms with Gasteiger partial charge in [0.15, 0.2) is 18.1 Å². The molecule has 0 radical (unpaired) electrons. The molecule has 0 atom stereocenters. The number of piperazine rings is 1. The van der Waals surface area contributed by atoms with Crippen molar-refractivity contribution >= 4 is 11.6 Å². The van der Waals surface area contributed by atoms with Gasteiger partial charge in [0.05, 0.1) is 26.0 Å². The van der Waals surface area contributed by atoms with Gasteiger partial charge in [-0.1, -0.05) is 65.8 Å². The quantitative estimate of drug-likeness (QED) is 0.331. The minimum atomic E-state index is -0.0918. The lowest BCUT2D eigenvalue weighted by Crippen LogP contribution is -2.50. The summed E-state index contributed by atoms with van der Waals surface area (Å²) >= 11 is 0. The van der Waals surface area contributed by atoms with E-state index in [0.29, 0.717) is 30.3 Å². The second-order valence-corrected chi connectivity index (χ2v) is 8.66. The Morgan fingerprint density at radius 1 is 0.833 bits per heavy atom. The molecular formula is C29H33N3O4. The van der Waals surface area contributed by atoms with E-state index in [1.54, 1.807) is 14.2 Å². The van der Waals surface area contributed by atoms with Crippen molar-refractivity contribution in [1.82, 2.24) is 9.80 Å². The van der Waals surface area contributed by atoms with Crippen molar-refractivity contribution in [2.45, 2.75) is 13.0 Å². The van der Waals surface area contributed by atoms with E-state index in [0.717, 1.165) is 18.7 Å². The monoisotopic (exact) mass is 487 g/mol. The molecule has 0 unspecified atom stereocenters. The van der Waals surface area contributed by atoms with Gasteiger partial charge in [-0.3, -0.25) is 9.69 Å². The highest BCUT2D eigenvalue weighted by molar-refractivity contribution is 5.99. The Bertz CT molecular complexity index is 1120. The Hall–Kier alpha value is -3.84. The number of carbonyl (C=O) groups is 1. The van der Waals surface area contributed by atoms with Crippen molar-refractivity contribution < 1.29 is 19.1 Å². The van der Waals surface area contributed by atoms with E-state index in [9.17, 15) is 4.79 Å². The molecule has 1 aliphatic rings. The van der Waals surface area contributed by atoms with Crippen molar-refractivity contribution in [3.63, 3.8) is 0 Å². The second-order valence-electron chi connectivity index (χ2n) is 8.66. The van der Waals surface area contributed by atoms with Crippen LogP contribution in [-0.4, -0.2) is 68.4 Å². The van der Waals surface area contributed by atoms with E-state index in [4.69, 9.17) is 14.3 Å². The van der Waals surface area contributed by atoms with Crippen LogP contribution in [0.15, 0.2) is 84.0 Å². The SMILES string of the molecule is COc1ccc(/C(C)=N/OCC(=O)N2CCN(C(c3ccccc3)c3ccccc3)CC2)cc1OC. The fourth-order valence-corrected chi connectivity index (χ4v) is 4.50. The van der Waals surface area contributed by atoms with Crippen LogP contribution in [0, 0.1) is 0 Å². The summed E-state index contributed by atoms with van der Waals surface area (Å²) in [5.74, 6) is 1.20. The number of methoxy groups -OCH3 is 2. The summed E-state index contributed by atoms with van der Waals surface area (Å²) < 4.78 is 10.6. The number of nitrogens with zero attached hydrogens (tertiary/aromatic N) is 3. The first kappa shape index (κ1) is 25.3. The lowest BCUT2D eigenvalue weighted by Gasteiger charge is -2.39. The van der Waals surface area contributed by atoms with Gasteiger partial charge in [0.1, 0.15) is 0 Å². The van der Waals surface area contributed by atoms with Crippen molar-refractivity contribution in [2.75, 3.05) is 47.0 Å². The number of oxime groups is 1. The van der Waals surface area contributed by atoms with E-state index in [1.807, 2.05) is 42.2 Å². The fourth-order valence-electron chi connectivity index (χ4n) is 4.50. The third-order valence-corrected chi connectivity index (χ3v) is 6.45. The maximum atomic E-state index is 12.8. The molecule has 4 rings (SSSR count). The van der Waals surface area contributed by atoms with Crippen molar-refractivity contribution in [3.05, 3.63) is 95.6 Å². The van der Waals surface area contributed by atoms with Crippen molar-refractivity contribution in [2.24, 2.45) is 5.16 Å². The van der Waals surface area contributed by atoms with Crippen LogP contribution in [0.3, 0.4) is 0 Å². The standard InChI is InChI=1S/C29H33N3O4/c1-22(25-14-15-26(34-2)27(20-25)35-3)30-36-21-28(33)31-16-18-32(19-17-31)29(23-10-6-4-7-11-23)24-12-8-5-9-13-24/h4-15,20,29H,16-19,21H2,1-3H3/b30-22+. The van der Waals surface area contributed by atoms with Gasteiger partial charge in [-0.25, -0.2) is 0 Å². The zero-order valence-electron chi connectivity index (χ0n) is 21.1. The molecule has 1 fully saturated rings. The van der Waals surface area contributed by atoms with Crippen LogP contribution in [-0.2, 0) is 9.63 Å². The van der Waals surface area contributed by atoms with E-state index >= 15 is 0 Å². The van der Waals surface area contributed by atoms with Gasteiger partial charge in [0.2, 0.25) is 0 Å². The summed E-state index contributed by atoms with van der Waals surface area (Å²) in [6.07, 6.45) is 0. The van der Waals surface area contributed by atoms with Gasteiger partial charge in [-0.05, 0) is 36.2 Å². The highest BCUT2D eigenvalue weighted by Gasteiger charge is 2.28. The zero-order chi connectivity index (χ0) is 25.3. The Morgan fingerprint density at radius 2 is 1.42 bits per heavy atom. The Balaban J connectivity index is 1.34. The molecule has 0 spiro atoms. The molecule has 0 aliphatic carbocycles. The van der Waals surface area contributed by atoms with Gasteiger partial charge in [0.25, 0.3) is 5.91 Å². The largest absolute Gasteiger partial charge is 0.493 e. The average Bonchev–Trinajstić information content (AvgIpc) is 2.94. The van der Waals surface area contributed by atoms with Crippen molar-refractivity contribution in [1.29, 1.82) is 0 Å². The molecule has 1 amide bonds. The summed E-state index contributed by atoms with van der Waals surface area (Å²) in [5, 5.41) is 4.14. The van der Waals surface area contributed by atoms with Crippen LogP contribution in [0.4, 0.5) is 0 Å². The Morgan fingerprint density at radius 3 is 1.97 bits per heavy atom. The van der Waals surface area contributed by atoms with Crippen molar-refractivity contribution in [3.8, 4) is 11.5 Å². The number of benzene rings is 3. The predicted octanol–water partition coefficient (Wildman–Crippen LogP) is 4.38. The third kappa shape index (κ3) is 6.04. The summed E-state index contributed by atoms with van der Waals surface area (Å²) in [5.41, 5.74) is 4.00. The minimum Gasteiger partial charge on any atom is -0.493 e. The Labute approximate surface area is 212 Å². The molecular weight excluding hydrogens is 454 g/mol. The molecule has 36 heavy (non-hydrogen) atoms. The van der Waals surface area contributed by atoms with Crippen LogP contribution in [0.25, 0.3) is 0 Å². The fraction of sp³-hybridized carbons (Fsp3) is 0.310. The first-order valence-corrected chi connectivity index (χ1v) is 12.1. The molecule has 3 aromatic carbocycles. The maximum absolute atomic E-state index is 12.8. The molecule has 3 aromatic rings. The van der Waals surface area contributed by atoms with Crippen LogP contribution in [0.5, 0.6) is 11.5 Å². The number of rotatable bonds is 9. The number of hydrogen-bond donors (Lipinski definition) is 0. The average molecular weight is 488 g/mol. The number of hydrogen-bond acceptors (Lipinski definition) is 6. The highest BCUT2D eigenvalue weighted by Crippen LogP contribution is 2.30. The number of ether oxygens (including phenoxy) is 2. The highest BCUT2D eigenvalue weighted by atomic mass is 16.6.